The average molecular weight is 353 g/mol. The molecule has 1 amide bonds. The van der Waals surface area contributed by atoms with Crippen molar-refractivity contribution in [2.45, 2.75) is 25.7 Å². The molecule has 1 N–H and O–H groups in total. The van der Waals surface area contributed by atoms with E-state index in [4.69, 9.17) is 9.47 Å². The Bertz CT molecular complexity index is 689. The number of rotatable bonds is 6. The van der Waals surface area contributed by atoms with E-state index in [0.717, 1.165) is 17.7 Å². The van der Waals surface area contributed by atoms with Gasteiger partial charge in [-0.25, -0.2) is 4.79 Å². The predicted octanol–water partition coefficient (Wildman–Crippen LogP) is 4.40. The van der Waals surface area contributed by atoms with Gasteiger partial charge in [-0.3, -0.25) is 0 Å². The first kappa shape index (κ1) is 18.6. The molecule has 1 atom stereocenters. The summed E-state index contributed by atoms with van der Waals surface area (Å²) in [5, 5.41) is 2.59. The van der Waals surface area contributed by atoms with Crippen molar-refractivity contribution in [2.75, 3.05) is 6.61 Å². The minimum absolute atomic E-state index is 0.0555. The number of alkyl carbamates (subject to hydrolysis) is 1. The number of carbonyl (C=O) groups excluding carboxylic acids is 1. The van der Waals surface area contributed by atoms with Crippen LogP contribution in [-0.2, 0) is 17.5 Å². The Balaban J connectivity index is 1.76. The van der Waals surface area contributed by atoms with Crippen molar-refractivity contribution < 1.29 is 27.4 Å². The maximum absolute atomic E-state index is 12.6. The van der Waals surface area contributed by atoms with E-state index in [9.17, 15) is 18.0 Å². The van der Waals surface area contributed by atoms with Gasteiger partial charge in [0, 0.05) is 6.54 Å². The topological polar surface area (TPSA) is 47.6 Å². The summed E-state index contributed by atoms with van der Waals surface area (Å²) in [6.45, 7) is 1.86. The first-order valence-electron chi connectivity index (χ1n) is 7.63. The summed E-state index contributed by atoms with van der Waals surface area (Å²) in [5.74, 6) is 0.0648. The molecule has 0 radical (unpaired) electrons. The third kappa shape index (κ3) is 6.37. The predicted molar refractivity (Wildman–Crippen MR) is 86.2 cm³/mol. The Morgan fingerprint density at radius 1 is 1.12 bits per heavy atom. The molecule has 25 heavy (non-hydrogen) atoms. The van der Waals surface area contributed by atoms with E-state index in [-0.39, 0.29) is 12.4 Å². The number of ether oxygens (including phenoxy) is 2. The second-order valence-corrected chi connectivity index (χ2v) is 5.39. The number of nitrogens with one attached hydrogen (secondary N) is 1. The van der Waals surface area contributed by atoms with E-state index in [0.29, 0.717) is 6.54 Å². The summed E-state index contributed by atoms with van der Waals surface area (Å²) >= 11 is 0. The van der Waals surface area contributed by atoms with Gasteiger partial charge in [-0.05, 0) is 30.7 Å². The number of hydrogen-bond acceptors (Lipinski definition) is 3. The van der Waals surface area contributed by atoms with Gasteiger partial charge >= 0.3 is 12.3 Å². The zero-order valence-electron chi connectivity index (χ0n) is 13.5. The molecule has 0 aromatic heterocycles. The normalized spacial score (nSPS) is 12.3. The van der Waals surface area contributed by atoms with Crippen LogP contribution in [0.1, 0.15) is 18.1 Å². The molecule has 2 aromatic carbocycles. The van der Waals surface area contributed by atoms with Gasteiger partial charge in [-0.2, -0.15) is 13.2 Å². The van der Waals surface area contributed by atoms with Crippen LogP contribution in [0.25, 0.3) is 0 Å². The lowest BCUT2D eigenvalue weighted by Gasteiger charge is -2.15. The molecular weight excluding hydrogens is 335 g/mol. The molecule has 0 aliphatic carbocycles. The van der Waals surface area contributed by atoms with Crippen LogP contribution in [0.3, 0.4) is 0 Å². The van der Waals surface area contributed by atoms with Gasteiger partial charge in [-0.15, -0.1) is 0 Å². The van der Waals surface area contributed by atoms with Crippen molar-refractivity contribution in [1.82, 2.24) is 5.32 Å². The molecule has 0 bridgehead atoms. The fourth-order valence-electron chi connectivity index (χ4n) is 2.00. The summed E-state index contributed by atoms with van der Waals surface area (Å²) in [5.41, 5.74) is 0.131. The molecule has 0 aliphatic rings. The maximum atomic E-state index is 12.6. The zero-order chi connectivity index (χ0) is 18.3. The fraction of sp³-hybridized carbons (Fsp3) is 0.278. The van der Waals surface area contributed by atoms with Crippen LogP contribution >= 0.6 is 0 Å². The summed E-state index contributed by atoms with van der Waals surface area (Å²) in [6.07, 6.45) is -5.67. The van der Waals surface area contributed by atoms with Crippen LogP contribution in [0.5, 0.6) is 5.75 Å². The lowest BCUT2D eigenvalue weighted by Crippen LogP contribution is -2.30. The van der Waals surface area contributed by atoms with E-state index in [2.05, 4.69) is 5.32 Å². The number of amides is 1. The molecule has 0 saturated heterocycles. The molecule has 0 heterocycles. The molecule has 2 rings (SSSR count). The van der Waals surface area contributed by atoms with Gasteiger partial charge in [0.25, 0.3) is 0 Å². The molecule has 7 heteroatoms. The van der Waals surface area contributed by atoms with E-state index in [1.54, 1.807) is 6.92 Å². The number of carbonyl (C=O) groups is 1. The number of halogens is 3. The molecule has 2 aromatic rings. The maximum Gasteiger partial charge on any atom is 0.416 e. The first-order chi connectivity index (χ1) is 11.8. The molecule has 0 aliphatic heterocycles. The zero-order valence-corrected chi connectivity index (χ0v) is 13.5. The third-order valence-electron chi connectivity index (χ3n) is 3.23. The number of benzene rings is 2. The smallest absolute Gasteiger partial charge is 0.416 e. The molecular formula is C18H18F3NO3. The Kier molecular flexibility index (Phi) is 6.27. The van der Waals surface area contributed by atoms with Crippen molar-refractivity contribution in [3.63, 3.8) is 0 Å². The van der Waals surface area contributed by atoms with Crippen molar-refractivity contribution >= 4 is 6.09 Å². The summed E-state index contributed by atoms with van der Waals surface area (Å²) in [7, 11) is 0. The van der Waals surface area contributed by atoms with E-state index in [1.165, 1.54) is 12.1 Å². The molecule has 0 fully saturated rings. The third-order valence-corrected chi connectivity index (χ3v) is 3.23. The molecule has 1 unspecified atom stereocenters. The average Bonchev–Trinajstić information content (AvgIpc) is 2.59. The van der Waals surface area contributed by atoms with Gasteiger partial charge in [0.05, 0.1) is 5.56 Å². The van der Waals surface area contributed by atoms with Crippen LogP contribution in [0.4, 0.5) is 18.0 Å². The van der Waals surface area contributed by atoms with Crippen LogP contribution in [0.15, 0.2) is 54.6 Å². The van der Waals surface area contributed by atoms with Gasteiger partial charge < -0.3 is 14.8 Å². The SMILES string of the molecule is CC(COc1cccc(C(F)(F)F)c1)OC(=O)NCc1ccccc1. The second kappa shape index (κ2) is 8.41. The summed E-state index contributed by atoms with van der Waals surface area (Å²) in [6, 6.07) is 13.8. The van der Waals surface area contributed by atoms with Crippen LogP contribution < -0.4 is 10.1 Å². The Hall–Kier alpha value is -2.70. The second-order valence-electron chi connectivity index (χ2n) is 5.39. The highest BCUT2D eigenvalue weighted by molar-refractivity contribution is 5.67. The fourth-order valence-corrected chi connectivity index (χ4v) is 2.00. The van der Waals surface area contributed by atoms with Crippen molar-refractivity contribution in [1.29, 1.82) is 0 Å². The van der Waals surface area contributed by atoms with E-state index < -0.39 is 23.9 Å². The Morgan fingerprint density at radius 2 is 1.84 bits per heavy atom. The van der Waals surface area contributed by atoms with Crippen molar-refractivity contribution in [2.24, 2.45) is 0 Å². The summed E-state index contributed by atoms with van der Waals surface area (Å²) < 4.78 is 48.2. The van der Waals surface area contributed by atoms with Crippen LogP contribution in [0, 0.1) is 0 Å². The van der Waals surface area contributed by atoms with Gasteiger partial charge in [0.15, 0.2) is 0 Å². The van der Waals surface area contributed by atoms with Gasteiger partial charge in [0.2, 0.25) is 0 Å². The standard InChI is InChI=1S/C18H18F3NO3/c1-13(25-17(23)22-11-14-6-3-2-4-7-14)12-24-16-9-5-8-15(10-16)18(19,20)21/h2-10,13H,11-12H2,1H3,(H,22,23). The minimum atomic E-state index is -4.43. The molecule has 4 nitrogen and oxygen atoms in total. The quantitative estimate of drug-likeness (QED) is 0.837. The van der Waals surface area contributed by atoms with Crippen LogP contribution in [-0.4, -0.2) is 18.8 Å². The van der Waals surface area contributed by atoms with Crippen molar-refractivity contribution in [3.05, 3.63) is 65.7 Å². The van der Waals surface area contributed by atoms with Gasteiger partial charge in [-0.1, -0.05) is 36.4 Å². The highest BCUT2D eigenvalue weighted by atomic mass is 19.4. The van der Waals surface area contributed by atoms with Gasteiger partial charge in [0.1, 0.15) is 18.5 Å². The molecule has 134 valence electrons. The van der Waals surface area contributed by atoms with E-state index in [1.807, 2.05) is 30.3 Å². The van der Waals surface area contributed by atoms with Crippen molar-refractivity contribution in [3.8, 4) is 5.75 Å². The van der Waals surface area contributed by atoms with E-state index >= 15 is 0 Å². The highest BCUT2D eigenvalue weighted by Gasteiger charge is 2.30. The molecule has 0 spiro atoms. The Morgan fingerprint density at radius 3 is 2.52 bits per heavy atom. The highest BCUT2D eigenvalue weighted by Crippen LogP contribution is 2.31. The number of hydrogen-bond donors (Lipinski definition) is 1. The molecule has 0 saturated carbocycles. The largest absolute Gasteiger partial charge is 0.490 e. The lowest BCUT2D eigenvalue weighted by molar-refractivity contribution is -0.137. The van der Waals surface area contributed by atoms with Crippen LogP contribution in [0.2, 0.25) is 0 Å². The monoisotopic (exact) mass is 353 g/mol. The lowest BCUT2D eigenvalue weighted by atomic mass is 10.2. The number of alkyl halides is 3. The Labute approximate surface area is 143 Å². The first-order valence-corrected chi connectivity index (χ1v) is 7.63. The minimum Gasteiger partial charge on any atom is -0.490 e. The summed E-state index contributed by atoms with van der Waals surface area (Å²) in [4.78, 5) is 11.7.